The number of esters is 1. The van der Waals surface area contributed by atoms with Crippen LogP contribution in [0.4, 0.5) is 5.69 Å². The van der Waals surface area contributed by atoms with E-state index >= 15 is 0 Å². The van der Waals surface area contributed by atoms with Crippen LogP contribution in [0, 0.1) is 0 Å². The molecule has 0 radical (unpaired) electrons. The lowest BCUT2D eigenvalue weighted by atomic mass is 9.93. The molecule has 2 N–H and O–H groups in total. The fourth-order valence-corrected chi connectivity index (χ4v) is 2.61. The number of fused-ring (bicyclic) bond motifs is 1. The maximum atomic E-state index is 11.6. The molecule has 0 saturated carbocycles. The Morgan fingerprint density at radius 2 is 2.14 bits per heavy atom. The summed E-state index contributed by atoms with van der Waals surface area (Å²) in [6, 6.07) is 5.05. The predicted molar refractivity (Wildman–Crippen MR) is 80.3 cm³/mol. The molecule has 0 bridgehead atoms. The van der Waals surface area contributed by atoms with E-state index in [1.54, 1.807) is 30.0 Å². The molecule has 1 atom stereocenters. The van der Waals surface area contributed by atoms with Crippen molar-refractivity contribution in [2.75, 3.05) is 18.1 Å². The Balaban J connectivity index is 2.42. The zero-order valence-corrected chi connectivity index (χ0v) is 12.7. The number of aliphatic hydroxyl groups excluding tert-OH is 2. The van der Waals surface area contributed by atoms with Crippen LogP contribution in [0.25, 0.3) is 0 Å². The van der Waals surface area contributed by atoms with E-state index in [-0.39, 0.29) is 24.5 Å². The monoisotopic (exact) mass is 311 g/mol. The molecule has 21 heavy (non-hydrogen) atoms. The summed E-state index contributed by atoms with van der Waals surface area (Å²) in [6.45, 7) is 4.31. The highest BCUT2D eigenvalue weighted by atomic mass is 35.5. The van der Waals surface area contributed by atoms with Gasteiger partial charge in [0.15, 0.2) is 5.88 Å². The zero-order chi connectivity index (χ0) is 15.6. The van der Waals surface area contributed by atoms with E-state index < -0.39 is 12.1 Å². The normalized spacial score (nSPS) is 17.7. The van der Waals surface area contributed by atoms with Crippen molar-refractivity contribution in [3.63, 3.8) is 0 Å². The molecule has 1 aromatic rings. The first-order valence-corrected chi connectivity index (χ1v) is 7.20. The standard InChI is InChI=1S/C15H18ClNO4/c1-3-17-12-7-9(16)5-6-10(12)14(19)11(15(17)20)8-13(18)21-4-2/h5-7,14,19-20H,3-4,8H2,1-2H3. The summed E-state index contributed by atoms with van der Waals surface area (Å²) >= 11 is 5.98. The van der Waals surface area contributed by atoms with Gasteiger partial charge < -0.3 is 19.8 Å². The molecule has 1 aliphatic rings. The molecule has 1 aliphatic heterocycles. The third-order valence-electron chi connectivity index (χ3n) is 3.41. The van der Waals surface area contributed by atoms with Gasteiger partial charge in [0.2, 0.25) is 0 Å². The first-order chi connectivity index (χ1) is 9.99. The second-order valence-electron chi connectivity index (χ2n) is 4.68. The van der Waals surface area contributed by atoms with Crippen molar-refractivity contribution < 1.29 is 19.7 Å². The molecule has 1 heterocycles. The molecule has 0 spiro atoms. The second-order valence-corrected chi connectivity index (χ2v) is 5.12. The van der Waals surface area contributed by atoms with Crippen molar-refractivity contribution in [3.8, 4) is 0 Å². The number of nitrogens with zero attached hydrogens (tertiary/aromatic N) is 1. The van der Waals surface area contributed by atoms with Crippen LogP contribution in [0.1, 0.15) is 31.9 Å². The van der Waals surface area contributed by atoms with E-state index in [1.807, 2.05) is 6.92 Å². The maximum absolute atomic E-state index is 11.6. The van der Waals surface area contributed by atoms with Gasteiger partial charge in [0, 0.05) is 22.7 Å². The van der Waals surface area contributed by atoms with Crippen LogP contribution in [-0.4, -0.2) is 29.3 Å². The van der Waals surface area contributed by atoms with E-state index in [9.17, 15) is 15.0 Å². The summed E-state index contributed by atoms with van der Waals surface area (Å²) in [6.07, 6.45) is -1.20. The molecule has 6 heteroatoms. The summed E-state index contributed by atoms with van der Waals surface area (Å²) < 4.78 is 4.88. The van der Waals surface area contributed by atoms with Crippen molar-refractivity contribution in [1.82, 2.24) is 0 Å². The minimum Gasteiger partial charge on any atom is -0.494 e. The molecule has 0 aromatic heterocycles. The maximum Gasteiger partial charge on any atom is 0.310 e. The number of ether oxygens (including phenoxy) is 1. The number of halogens is 1. The van der Waals surface area contributed by atoms with Gasteiger partial charge in [0.1, 0.15) is 6.10 Å². The van der Waals surface area contributed by atoms with Gasteiger partial charge in [-0.25, -0.2) is 0 Å². The van der Waals surface area contributed by atoms with Crippen LogP contribution >= 0.6 is 11.6 Å². The Hall–Kier alpha value is -1.72. The molecule has 0 saturated heterocycles. The number of benzene rings is 1. The summed E-state index contributed by atoms with van der Waals surface area (Å²) in [7, 11) is 0. The summed E-state index contributed by atoms with van der Waals surface area (Å²) in [4.78, 5) is 13.3. The van der Waals surface area contributed by atoms with Crippen LogP contribution in [0.5, 0.6) is 0 Å². The fourth-order valence-electron chi connectivity index (χ4n) is 2.44. The van der Waals surface area contributed by atoms with E-state index in [4.69, 9.17) is 16.3 Å². The molecule has 0 amide bonds. The number of hydrogen-bond donors (Lipinski definition) is 2. The van der Waals surface area contributed by atoms with Crippen molar-refractivity contribution in [2.24, 2.45) is 0 Å². The third kappa shape index (κ3) is 2.99. The lowest BCUT2D eigenvalue weighted by Crippen LogP contribution is -2.31. The van der Waals surface area contributed by atoms with Crippen molar-refractivity contribution >= 4 is 23.3 Å². The minimum absolute atomic E-state index is 0.118. The first kappa shape index (κ1) is 15.7. The van der Waals surface area contributed by atoms with Gasteiger partial charge in [-0.3, -0.25) is 4.79 Å². The van der Waals surface area contributed by atoms with Gasteiger partial charge in [-0.05, 0) is 26.0 Å². The van der Waals surface area contributed by atoms with Crippen LogP contribution in [-0.2, 0) is 9.53 Å². The van der Waals surface area contributed by atoms with E-state index in [0.717, 1.165) is 0 Å². The van der Waals surface area contributed by atoms with Crippen LogP contribution in [0.2, 0.25) is 5.02 Å². The summed E-state index contributed by atoms with van der Waals surface area (Å²) in [5.74, 6) is -0.598. The topological polar surface area (TPSA) is 70.0 Å². The van der Waals surface area contributed by atoms with E-state index in [1.165, 1.54) is 0 Å². The average Bonchev–Trinajstić information content (AvgIpc) is 2.44. The van der Waals surface area contributed by atoms with Gasteiger partial charge in [0.25, 0.3) is 0 Å². The number of hydrogen-bond acceptors (Lipinski definition) is 5. The van der Waals surface area contributed by atoms with Crippen molar-refractivity contribution in [2.45, 2.75) is 26.4 Å². The quantitative estimate of drug-likeness (QED) is 0.837. The molecule has 114 valence electrons. The smallest absolute Gasteiger partial charge is 0.310 e. The molecule has 5 nitrogen and oxygen atoms in total. The number of aliphatic hydroxyl groups is 2. The molecule has 0 fully saturated rings. The van der Waals surface area contributed by atoms with Crippen molar-refractivity contribution in [3.05, 3.63) is 40.2 Å². The lowest BCUT2D eigenvalue weighted by Gasteiger charge is -2.34. The van der Waals surface area contributed by atoms with Crippen LogP contribution in [0.15, 0.2) is 29.7 Å². The van der Waals surface area contributed by atoms with Gasteiger partial charge in [-0.15, -0.1) is 0 Å². The number of rotatable bonds is 4. The lowest BCUT2D eigenvalue weighted by molar-refractivity contribution is -0.142. The number of carbonyl (C=O) groups excluding carboxylic acids is 1. The Labute approximate surface area is 128 Å². The largest absolute Gasteiger partial charge is 0.494 e. The molecule has 0 aliphatic carbocycles. The van der Waals surface area contributed by atoms with Gasteiger partial charge in [-0.1, -0.05) is 17.7 Å². The van der Waals surface area contributed by atoms with Gasteiger partial charge in [-0.2, -0.15) is 0 Å². The minimum atomic E-state index is -1.05. The Kier molecular flexibility index (Phi) is 4.75. The van der Waals surface area contributed by atoms with E-state index in [0.29, 0.717) is 22.8 Å². The van der Waals surface area contributed by atoms with E-state index in [2.05, 4.69) is 0 Å². The van der Waals surface area contributed by atoms with Crippen molar-refractivity contribution in [1.29, 1.82) is 0 Å². The van der Waals surface area contributed by atoms with Crippen LogP contribution in [0.3, 0.4) is 0 Å². The molecular formula is C15H18ClNO4. The average molecular weight is 312 g/mol. The predicted octanol–water partition coefficient (Wildman–Crippen LogP) is 2.94. The first-order valence-electron chi connectivity index (χ1n) is 6.82. The molecule has 1 unspecified atom stereocenters. The molecular weight excluding hydrogens is 294 g/mol. The van der Waals surface area contributed by atoms with Crippen LogP contribution < -0.4 is 4.90 Å². The Morgan fingerprint density at radius 1 is 1.43 bits per heavy atom. The fraction of sp³-hybridized carbons (Fsp3) is 0.400. The van der Waals surface area contributed by atoms with Gasteiger partial charge >= 0.3 is 5.97 Å². The molecule has 2 rings (SSSR count). The SMILES string of the molecule is CCOC(=O)CC1=C(O)N(CC)c2cc(Cl)ccc2C1O. The number of carbonyl (C=O) groups is 1. The summed E-state index contributed by atoms with van der Waals surface area (Å²) in [5, 5.41) is 21.3. The van der Waals surface area contributed by atoms with Gasteiger partial charge in [0.05, 0.1) is 18.7 Å². The zero-order valence-electron chi connectivity index (χ0n) is 12.0. The Morgan fingerprint density at radius 3 is 2.76 bits per heavy atom. The number of anilines is 1. The second kappa shape index (κ2) is 6.37. The Bertz CT molecular complexity index is 585. The summed E-state index contributed by atoms with van der Waals surface area (Å²) in [5.41, 5.74) is 1.49. The highest BCUT2D eigenvalue weighted by Crippen LogP contribution is 2.41. The molecule has 1 aromatic carbocycles. The third-order valence-corrected chi connectivity index (χ3v) is 3.64. The highest BCUT2D eigenvalue weighted by Gasteiger charge is 2.32. The highest BCUT2D eigenvalue weighted by molar-refractivity contribution is 6.30.